The Kier molecular flexibility index (Phi) is 6.58. The van der Waals surface area contributed by atoms with Crippen LogP contribution >= 0.6 is 11.8 Å². The van der Waals surface area contributed by atoms with Crippen LogP contribution in [0.25, 0.3) is 0 Å². The number of aryl methyl sites for hydroxylation is 2. The van der Waals surface area contributed by atoms with Gasteiger partial charge in [0, 0.05) is 11.8 Å². The number of nitrogens with one attached hydrogen (secondary N) is 1. The van der Waals surface area contributed by atoms with Crippen molar-refractivity contribution in [2.24, 2.45) is 4.99 Å². The number of nitrogens with zero attached hydrogens (tertiary/aromatic N) is 2. The molecule has 2 aromatic rings. The summed E-state index contributed by atoms with van der Waals surface area (Å²) in [6.45, 7) is 3.91. The van der Waals surface area contributed by atoms with Crippen molar-refractivity contribution in [3.8, 4) is 11.5 Å². The highest BCUT2D eigenvalue weighted by Crippen LogP contribution is 2.41. The van der Waals surface area contributed by atoms with E-state index in [2.05, 4.69) is 5.32 Å². The van der Waals surface area contributed by atoms with Crippen LogP contribution in [0.15, 0.2) is 41.4 Å². The van der Waals surface area contributed by atoms with E-state index in [0.29, 0.717) is 22.4 Å². The van der Waals surface area contributed by atoms with Crippen LogP contribution in [0.4, 0.5) is 11.4 Å². The predicted octanol–water partition coefficient (Wildman–Crippen LogP) is 3.03. The molecule has 33 heavy (non-hydrogen) atoms. The Morgan fingerprint density at radius 3 is 2.55 bits per heavy atom. The van der Waals surface area contributed by atoms with Crippen LogP contribution in [-0.4, -0.2) is 63.1 Å². The first kappa shape index (κ1) is 23.4. The van der Waals surface area contributed by atoms with E-state index in [0.717, 1.165) is 16.8 Å². The van der Waals surface area contributed by atoms with E-state index in [1.807, 2.05) is 36.9 Å². The molecule has 2 aliphatic rings. The fourth-order valence-electron chi connectivity index (χ4n) is 4.22. The van der Waals surface area contributed by atoms with Gasteiger partial charge in [0.25, 0.3) is 0 Å². The van der Waals surface area contributed by atoms with E-state index < -0.39 is 9.84 Å². The molecule has 8 nitrogen and oxygen atoms in total. The first-order chi connectivity index (χ1) is 15.7. The van der Waals surface area contributed by atoms with Crippen LogP contribution in [0.1, 0.15) is 11.1 Å². The minimum atomic E-state index is -3.20. The van der Waals surface area contributed by atoms with Gasteiger partial charge in [-0.05, 0) is 37.1 Å². The number of benzene rings is 2. The Balaban J connectivity index is 1.59. The largest absolute Gasteiger partial charge is 0.497 e. The molecular formula is C23H27N3O5S2. The number of amidine groups is 1. The van der Waals surface area contributed by atoms with Gasteiger partial charge in [-0.25, -0.2) is 8.42 Å². The molecule has 2 aliphatic heterocycles. The van der Waals surface area contributed by atoms with Gasteiger partial charge < -0.3 is 19.7 Å². The second kappa shape index (κ2) is 9.26. The maximum atomic E-state index is 12.7. The summed E-state index contributed by atoms with van der Waals surface area (Å²) < 4.78 is 35.6. The molecular weight excluding hydrogens is 462 g/mol. The van der Waals surface area contributed by atoms with Crippen LogP contribution in [-0.2, 0) is 14.6 Å². The highest BCUT2D eigenvalue weighted by atomic mass is 32.2. The monoisotopic (exact) mass is 489 g/mol. The summed E-state index contributed by atoms with van der Waals surface area (Å²) in [7, 11) is -0.0648. The van der Waals surface area contributed by atoms with Gasteiger partial charge in [0.05, 0.1) is 49.2 Å². The number of carbonyl (C=O) groups excluding carboxylic acids is 1. The number of anilines is 2. The van der Waals surface area contributed by atoms with Crippen LogP contribution in [0.5, 0.6) is 11.5 Å². The normalized spacial score (nSPS) is 20.8. The topological polar surface area (TPSA) is 97.3 Å². The molecule has 1 fully saturated rings. The van der Waals surface area contributed by atoms with Crippen molar-refractivity contribution in [1.29, 1.82) is 0 Å². The Hall–Kier alpha value is -2.72. The number of sulfone groups is 1. The highest BCUT2D eigenvalue weighted by molar-refractivity contribution is 8.14. The number of aliphatic imine (C=N–C) groups is 1. The van der Waals surface area contributed by atoms with E-state index in [9.17, 15) is 13.2 Å². The molecule has 0 aromatic heterocycles. The van der Waals surface area contributed by atoms with Gasteiger partial charge in [-0.1, -0.05) is 30.0 Å². The molecule has 2 aromatic carbocycles. The number of rotatable bonds is 6. The van der Waals surface area contributed by atoms with E-state index in [-0.39, 0.29) is 35.2 Å². The summed E-state index contributed by atoms with van der Waals surface area (Å²) in [4.78, 5) is 19.3. The van der Waals surface area contributed by atoms with Crippen molar-refractivity contribution in [3.05, 3.63) is 47.5 Å². The first-order valence-corrected chi connectivity index (χ1v) is 13.3. The molecule has 0 unspecified atom stereocenters. The highest BCUT2D eigenvalue weighted by Gasteiger charge is 2.48. The number of thioether (sulfide) groups is 1. The smallest absolute Gasteiger partial charge is 0.234 e. The number of hydrogen-bond acceptors (Lipinski definition) is 8. The summed E-state index contributed by atoms with van der Waals surface area (Å²) in [6.07, 6.45) is 0. The fourth-order valence-corrected chi connectivity index (χ4v) is 6.98. The molecule has 1 N–H and O–H groups in total. The average molecular weight is 490 g/mol. The summed E-state index contributed by atoms with van der Waals surface area (Å²) >= 11 is 1.29. The SMILES string of the molecule is COc1ccc(OC)c(N2C(SCC(=O)Nc3c(C)cccc3C)=N[C@H]3CS(=O)(=O)C[C@@H]32)c1. The number of ether oxygens (including phenoxy) is 2. The summed E-state index contributed by atoms with van der Waals surface area (Å²) in [6, 6.07) is 10.5. The minimum absolute atomic E-state index is 0.000190. The zero-order valence-corrected chi connectivity index (χ0v) is 20.6. The third-order valence-electron chi connectivity index (χ3n) is 5.83. The molecule has 176 valence electrons. The summed E-state index contributed by atoms with van der Waals surface area (Å²) in [5.41, 5.74) is 3.47. The lowest BCUT2D eigenvalue weighted by Crippen LogP contribution is -2.39. The lowest BCUT2D eigenvalue weighted by molar-refractivity contribution is -0.113. The Morgan fingerprint density at radius 2 is 1.88 bits per heavy atom. The molecule has 0 saturated carbocycles. The van der Waals surface area contributed by atoms with Crippen molar-refractivity contribution >= 4 is 44.0 Å². The molecule has 0 radical (unpaired) electrons. The van der Waals surface area contributed by atoms with Crippen LogP contribution in [0, 0.1) is 13.8 Å². The molecule has 2 heterocycles. The second-order valence-corrected chi connectivity index (χ2v) is 11.2. The van der Waals surface area contributed by atoms with E-state index in [1.165, 1.54) is 11.8 Å². The number of amides is 1. The van der Waals surface area contributed by atoms with Crippen LogP contribution in [0.2, 0.25) is 0 Å². The fraction of sp³-hybridized carbons (Fsp3) is 0.391. The van der Waals surface area contributed by atoms with E-state index >= 15 is 0 Å². The standard InChI is InChI=1S/C23H27N3O5S2/c1-14-6-5-7-15(2)22(14)25-21(27)11-32-23-24-17-12-33(28,29)13-19(17)26(23)18-10-16(30-3)8-9-20(18)31-4/h5-10,17,19H,11-13H2,1-4H3,(H,25,27)/t17-,19-/m0/s1. The Morgan fingerprint density at radius 1 is 1.15 bits per heavy atom. The van der Waals surface area contributed by atoms with Gasteiger partial charge in [0.2, 0.25) is 5.91 Å². The Labute approximate surface area is 198 Å². The van der Waals surface area contributed by atoms with Crippen molar-refractivity contribution in [2.45, 2.75) is 25.9 Å². The third-order valence-corrected chi connectivity index (χ3v) is 8.50. The molecule has 2 atom stereocenters. The number of hydrogen-bond donors (Lipinski definition) is 1. The zero-order chi connectivity index (χ0) is 23.8. The summed E-state index contributed by atoms with van der Waals surface area (Å²) in [5, 5.41) is 3.59. The van der Waals surface area contributed by atoms with Crippen molar-refractivity contribution in [1.82, 2.24) is 0 Å². The molecule has 10 heteroatoms. The molecule has 1 saturated heterocycles. The number of carbonyl (C=O) groups is 1. The first-order valence-electron chi connectivity index (χ1n) is 10.5. The van der Waals surface area contributed by atoms with Gasteiger partial charge >= 0.3 is 0 Å². The summed E-state index contributed by atoms with van der Waals surface area (Å²) in [5.74, 6) is 1.18. The van der Waals surface area contributed by atoms with Gasteiger partial charge in [-0.3, -0.25) is 9.79 Å². The predicted molar refractivity (Wildman–Crippen MR) is 133 cm³/mol. The van der Waals surface area contributed by atoms with Crippen molar-refractivity contribution in [3.63, 3.8) is 0 Å². The zero-order valence-electron chi connectivity index (χ0n) is 19.0. The lowest BCUT2D eigenvalue weighted by atomic mass is 10.1. The van der Waals surface area contributed by atoms with E-state index in [4.69, 9.17) is 14.5 Å². The van der Waals surface area contributed by atoms with Crippen LogP contribution in [0.3, 0.4) is 0 Å². The van der Waals surface area contributed by atoms with Gasteiger partial charge in [0.1, 0.15) is 11.5 Å². The number of methoxy groups -OCH3 is 2. The minimum Gasteiger partial charge on any atom is -0.497 e. The average Bonchev–Trinajstić information content (AvgIpc) is 3.25. The van der Waals surface area contributed by atoms with Gasteiger partial charge in [-0.15, -0.1) is 0 Å². The molecule has 4 rings (SSSR count). The van der Waals surface area contributed by atoms with Gasteiger partial charge in [0.15, 0.2) is 15.0 Å². The molecule has 0 bridgehead atoms. The third kappa shape index (κ3) is 4.81. The molecule has 0 spiro atoms. The quantitative estimate of drug-likeness (QED) is 0.666. The number of fused-ring (bicyclic) bond motifs is 1. The van der Waals surface area contributed by atoms with E-state index in [1.54, 1.807) is 32.4 Å². The van der Waals surface area contributed by atoms with Gasteiger partial charge in [-0.2, -0.15) is 0 Å². The maximum Gasteiger partial charge on any atom is 0.234 e. The van der Waals surface area contributed by atoms with Crippen molar-refractivity contribution < 1.29 is 22.7 Å². The second-order valence-electron chi connectivity index (χ2n) is 8.13. The Bertz CT molecular complexity index is 1190. The molecule has 1 amide bonds. The van der Waals surface area contributed by atoms with Crippen LogP contribution < -0.4 is 19.7 Å². The lowest BCUT2D eigenvalue weighted by Gasteiger charge is -2.28. The molecule has 0 aliphatic carbocycles. The number of para-hydroxylation sites is 1. The van der Waals surface area contributed by atoms with Crippen molar-refractivity contribution in [2.75, 3.05) is 41.7 Å². The maximum absolute atomic E-state index is 12.7.